The van der Waals surface area contributed by atoms with E-state index in [1.54, 1.807) is 6.92 Å². The first kappa shape index (κ1) is 9.62. The van der Waals surface area contributed by atoms with E-state index in [1.165, 1.54) is 0 Å². The largest absolute Gasteiger partial charge is 0.460 e. The molecule has 0 heterocycles. The van der Waals surface area contributed by atoms with E-state index in [2.05, 4.69) is 20.7 Å². The van der Waals surface area contributed by atoms with Crippen LogP contribution in [0.25, 0.3) is 0 Å². The highest BCUT2D eigenvalue weighted by Crippen LogP contribution is 1.91. The first-order valence-corrected chi connectivity index (χ1v) is 4.10. The fourth-order valence-electron chi connectivity index (χ4n) is 0.399. The molecule has 0 aliphatic heterocycles. The zero-order chi connectivity index (χ0) is 7.98. The quantitative estimate of drug-likeness (QED) is 0.392. The van der Waals surface area contributed by atoms with Gasteiger partial charge in [0.15, 0.2) is 0 Å². The molecule has 58 valence electrons. The van der Waals surface area contributed by atoms with Crippen LogP contribution >= 0.6 is 15.9 Å². The number of alkyl halides is 1. The van der Waals surface area contributed by atoms with Gasteiger partial charge in [-0.3, -0.25) is 4.79 Å². The minimum absolute atomic E-state index is 0.207. The van der Waals surface area contributed by atoms with Crippen LogP contribution in [0.2, 0.25) is 0 Å². The number of ether oxygens (including phenoxy) is 1. The normalized spacial score (nSPS) is 9.00. The predicted octanol–water partition coefficient (Wildman–Crippen LogP) is 0.904. The van der Waals surface area contributed by atoms with Crippen molar-refractivity contribution in [3.63, 3.8) is 0 Å². The van der Waals surface area contributed by atoms with E-state index in [0.29, 0.717) is 5.33 Å². The van der Waals surface area contributed by atoms with Gasteiger partial charge in [0.2, 0.25) is 5.78 Å². The minimum atomic E-state index is -0.734. The van der Waals surface area contributed by atoms with E-state index in [0.717, 1.165) is 0 Å². The molecule has 0 rings (SSSR count). The molecule has 0 fully saturated rings. The topological polar surface area (TPSA) is 43.4 Å². The summed E-state index contributed by atoms with van der Waals surface area (Å²) in [4.78, 5) is 21.2. The van der Waals surface area contributed by atoms with Gasteiger partial charge in [0.25, 0.3) is 0 Å². The van der Waals surface area contributed by atoms with Crippen molar-refractivity contribution in [1.82, 2.24) is 0 Å². The first-order valence-electron chi connectivity index (χ1n) is 2.98. The Labute approximate surface area is 67.9 Å². The second-order valence-corrected chi connectivity index (χ2v) is 2.38. The minimum Gasteiger partial charge on any atom is -0.460 e. The number of esters is 1. The van der Waals surface area contributed by atoms with E-state index < -0.39 is 11.8 Å². The SMILES string of the molecule is CCOC(=O)C(=O)CCBr. The summed E-state index contributed by atoms with van der Waals surface area (Å²) in [7, 11) is 0. The van der Waals surface area contributed by atoms with Crippen LogP contribution in [0.5, 0.6) is 0 Å². The molecule has 0 atom stereocenters. The standard InChI is InChI=1S/C6H9BrO3/c1-2-10-6(9)5(8)3-4-7/h2-4H2,1H3. The zero-order valence-electron chi connectivity index (χ0n) is 5.72. The van der Waals surface area contributed by atoms with Crippen LogP contribution in [0.15, 0.2) is 0 Å². The molecule has 0 aliphatic rings. The second kappa shape index (κ2) is 5.41. The molecule has 0 N–H and O–H groups in total. The molecular formula is C6H9BrO3. The lowest BCUT2D eigenvalue weighted by Gasteiger charge is -1.96. The summed E-state index contributed by atoms with van der Waals surface area (Å²) >= 11 is 3.04. The van der Waals surface area contributed by atoms with Crippen LogP contribution in [0.1, 0.15) is 13.3 Å². The summed E-state index contributed by atoms with van der Waals surface area (Å²) in [5.41, 5.74) is 0. The number of hydrogen-bond donors (Lipinski definition) is 0. The van der Waals surface area contributed by atoms with Crippen LogP contribution in [0.4, 0.5) is 0 Å². The van der Waals surface area contributed by atoms with Gasteiger partial charge in [0.1, 0.15) is 0 Å². The highest BCUT2D eigenvalue weighted by atomic mass is 79.9. The summed E-state index contributed by atoms with van der Waals surface area (Å²) in [5.74, 6) is -1.21. The molecule has 0 unspecified atom stereocenters. The van der Waals surface area contributed by atoms with E-state index in [4.69, 9.17) is 0 Å². The number of carbonyl (C=O) groups is 2. The fraction of sp³-hybridized carbons (Fsp3) is 0.667. The molecular weight excluding hydrogens is 200 g/mol. The highest BCUT2D eigenvalue weighted by Gasteiger charge is 2.12. The molecule has 0 saturated heterocycles. The smallest absolute Gasteiger partial charge is 0.374 e. The van der Waals surface area contributed by atoms with Crippen LogP contribution in [-0.4, -0.2) is 23.7 Å². The molecule has 0 bridgehead atoms. The van der Waals surface area contributed by atoms with E-state index in [-0.39, 0.29) is 13.0 Å². The molecule has 0 aromatic rings. The average Bonchev–Trinajstić information content (AvgIpc) is 1.89. The van der Waals surface area contributed by atoms with E-state index >= 15 is 0 Å². The third kappa shape index (κ3) is 3.61. The van der Waals surface area contributed by atoms with Gasteiger partial charge >= 0.3 is 5.97 Å². The Morgan fingerprint density at radius 2 is 2.10 bits per heavy atom. The van der Waals surface area contributed by atoms with Gasteiger partial charge in [0, 0.05) is 11.8 Å². The van der Waals surface area contributed by atoms with Crippen molar-refractivity contribution in [2.24, 2.45) is 0 Å². The monoisotopic (exact) mass is 208 g/mol. The van der Waals surface area contributed by atoms with Crippen LogP contribution in [0.3, 0.4) is 0 Å². The third-order valence-corrected chi connectivity index (χ3v) is 1.22. The molecule has 0 aromatic heterocycles. The lowest BCUT2D eigenvalue weighted by atomic mass is 10.3. The molecule has 0 spiro atoms. The maximum Gasteiger partial charge on any atom is 0.374 e. The van der Waals surface area contributed by atoms with Crippen molar-refractivity contribution in [3.05, 3.63) is 0 Å². The van der Waals surface area contributed by atoms with Gasteiger partial charge in [0.05, 0.1) is 6.61 Å². The van der Waals surface area contributed by atoms with Crippen molar-refractivity contribution >= 4 is 27.7 Å². The lowest BCUT2D eigenvalue weighted by molar-refractivity contribution is -0.153. The van der Waals surface area contributed by atoms with Crippen molar-refractivity contribution in [3.8, 4) is 0 Å². The third-order valence-electron chi connectivity index (χ3n) is 0.825. The van der Waals surface area contributed by atoms with Crippen LogP contribution in [0, 0.1) is 0 Å². The summed E-state index contributed by atoms with van der Waals surface area (Å²) in [5, 5.41) is 0.505. The van der Waals surface area contributed by atoms with Crippen molar-refractivity contribution in [2.45, 2.75) is 13.3 Å². The maximum absolute atomic E-state index is 10.6. The van der Waals surface area contributed by atoms with Crippen LogP contribution < -0.4 is 0 Å². The van der Waals surface area contributed by atoms with Crippen molar-refractivity contribution < 1.29 is 14.3 Å². The summed E-state index contributed by atoms with van der Waals surface area (Å²) in [6.07, 6.45) is 0.207. The molecule has 0 radical (unpaired) electrons. The molecule has 0 saturated carbocycles. The summed E-state index contributed by atoms with van der Waals surface area (Å²) in [6, 6.07) is 0. The second-order valence-electron chi connectivity index (χ2n) is 1.58. The average molecular weight is 209 g/mol. The van der Waals surface area contributed by atoms with Crippen molar-refractivity contribution in [1.29, 1.82) is 0 Å². The van der Waals surface area contributed by atoms with Gasteiger partial charge in [-0.2, -0.15) is 0 Å². The molecule has 4 heteroatoms. The van der Waals surface area contributed by atoms with Gasteiger partial charge < -0.3 is 4.74 Å². The number of hydrogen-bond acceptors (Lipinski definition) is 3. The predicted molar refractivity (Wildman–Crippen MR) is 40.1 cm³/mol. The molecule has 0 aromatic carbocycles. The zero-order valence-corrected chi connectivity index (χ0v) is 7.31. The number of Topliss-reactive ketones (excluding diaryl/α,β-unsaturated/α-hetero) is 1. The van der Waals surface area contributed by atoms with E-state index in [9.17, 15) is 9.59 Å². The molecule has 0 amide bonds. The first-order chi connectivity index (χ1) is 4.72. The Bertz CT molecular complexity index is 117. The summed E-state index contributed by atoms with van der Waals surface area (Å²) in [6.45, 7) is 1.92. The Hall–Kier alpha value is -0.380. The number of ketones is 1. The van der Waals surface area contributed by atoms with Gasteiger partial charge in [-0.05, 0) is 6.92 Å². The number of halogens is 1. The number of rotatable bonds is 4. The Balaban J connectivity index is 3.60. The fourth-order valence-corrected chi connectivity index (χ4v) is 0.760. The van der Waals surface area contributed by atoms with E-state index in [1.807, 2.05) is 0 Å². The lowest BCUT2D eigenvalue weighted by Crippen LogP contribution is -2.17. The summed E-state index contributed by atoms with van der Waals surface area (Å²) < 4.78 is 4.45. The maximum atomic E-state index is 10.6. The highest BCUT2D eigenvalue weighted by molar-refractivity contribution is 9.09. The van der Waals surface area contributed by atoms with Gasteiger partial charge in [-0.1, -0.05) is 15.9 Å². The Morgan fingerprint density at radius 3 is 2.50 bits per heavy atom. The number of carbonyl (C=O) groups excluding carboxylic acids is 2. The molecule has 0 aliphatic carbocycles. The molecule has 3 nitrogen and oxygen atoms in total. The van der Waals surface area contributed by atoms with Gasteiger partial charge in [-0.25, -0.2) is 4.79 Å². The Kier molecular flexibility index (Phi) is 5.20. The van der Waals surface area contributed by atoms with Crippen LogP contribution in [-0.2, 0) is 14.3 Å². The van der Waals surface area contributed by atoms with Gasteiger partial charge in [-0.15, -0.1) is 0 Å². The molecule has 10 heavy (non-hydrogen) atoms. The van der Waals surface area contributed by atoms with Crippen molar-refractivity contribution in [2.75, 3.05) is 11.9 Å². The Morgan fingerprint density at radius 1 is 1.50 bits per heavy atom.